The topological polar surface area (TPSA) is 67.4 Å². The lowest BCUT2D eigenvalue weighted by molar-refractivity contribution is 0.0577. The van der Waals surface area contributed by atoms with Crippen molar-refractivity contribution < 1.29 is 17.5 Å². The maximum atomic E-state index is 13.1. The van der Waals surface area contributed by atoms with Crippen molar-refractivity contribution in [3.8, 4) is 0 Å². The standard InChI is InChI=1S/C15H22ClFN2O3S.ClH/c1-22-11-15(4-6-18-7-5-15)10-19-23(20,21)9-12-2-3-14(17)13(16)8-12;/h2-3,8,18-19H,4-7,9-11H2,1H3;1H. The molecule has 2 N–H and O–H groups in total. The summed E-state index contributed by atoms with van der Waals surface area (Å²) in [6.07, 6.45) is 1.71. The molecule has 0 unspecified atom stereocenters. The largest absolute Gasteiger partial charge is 0.384 e. The monoisotopic (exact) mass is 400 g/mol. The molecule has 1 aliphatic rings. The molecule has 1 aromatic carbocycles. The average Bonchev–Trinajstić information content (AvgIpc) is 2.50. The van der Waals surface area contributed by atoms with Gasteiger partial charge in [0.2, 0.25) is 10.0 Å². The lowest BCUT2D eigenvalue weighted by Gasteiger charge is -2.37. The zero-order valence-electron chi connectivity index (χ0n) is 13.5. The molecule has 1 fully saturated rings. The molecule has 9 heteroatoms. The first-order chi connectivity index (χ1) is 10.9. The highest BCUT2D eigenvalue weighted by Gasteiger charge is 2.33. The summed E-state index contributed by atoms with van der Waals surface area (Å²) in [7, 11) is -1.90. The van der Waals surface area contributed by atoms with Gasteiger partial charge >= 0.3 is 0 Å². The van der Waals surface area contributed by atoms with Crippen LogP contribution in [0.15, 0.2) is 18.2 Å². The Kier molecular flexibility index (Phi) is 8.38. The van der Waals surface area contributed by atoms with Gasteiger partial charge in [-0.3, -0.25) is 0 Å². The van der Waals surface area contributed by atoms with E-state index in [9.17, 15) is 12.8 Å². The summed E-state index contributed by atoms with van der Waals surface area (Å²) in [5, 5.41) is 3.19. The normalized spacial score (nSPS) is 17.3. The molecule has 0 saturated carbocycles. The maximum Gasteiger partial charge on any atom is 0.215 e. The van der Waals surface area contributed by atoms with Crippen molar-refractivity contribution in [3.05, 3.63) is 34.6 Å². The third-order valence-corrected chi connectivity index (χ3v) is 5.71. The fourth-order valence-corrected chi connectivity index (χ4v) is 4.25. The molecule has 0 aromatic heterocycles. The highest BCUT2D eigenvalue weighted by atomic mass is 35.5. The van der Waals surface area contributed by atoms with Crippen LogP contribution in [0.5, 0.6) is 0 Å². The van der Waals surface area contributed by atoms with Crippen molar-refractivity contribution in [1.29, 1.82) is 0 Å². The van der Waals surface area contributed by atoms with Crippen LogP contribution >= 0.6 is 24.0 Å². The molecule has 5 nitrogen and oxygen atoms in total. The molecule has 0 aliphatic carbocycles. The lowest BCUT2D eigenvalue weighted by atomic mass is 9.80. The predicted molar refractivity (Wildman–Crippen MR) is 95.7 cm³/mol. The van der Waals surface area contributed by atoms with Gasteiger partial charge in [0.15, 0.2) is 0 Å². The molecule has 1 aromatic rings. The average molecular weight is 401 g/mol. The van der Waals surface area contributed by atoms with Crippen LogP contribution in [0.1, 0.15) is 18.4 Å². The van der Waals surface area contributed by atoms with Crippen LogP contribution in [0, 0.1) is 11.2 Å². The number of sulfonamides is 1. The summed E-state index contributed by atoms with van der Waals surface area (Å²) < 4.78 is 45.6. The summed E-state index contributed by atoms with van der Waals surface area (Å²) in [6, 6.07) is 3.94. The van der Waals surface area contributed by atoms with Gasteiger partial charge in [0.25, 0.3) is 0 Å². The minimum absolute atomic E-state index is 0. The molecule has 0 atom stereocenters. The number of benzene rings is 1. The number of hydrogen-bond donors (Lipinski definition) is 2. The summed E-state index contributed by atoms with van der Waals surface area (Å²) in [5.74, 6) is -0.788. The van der Waals surface area contributed by atoms with Gasteiger partial charge in [-0.1, -0.05) is 17.7 Å². The number of methoxy groups -OCH3 is 1. The molecular weight excluding hydrogens is 378 g/mol. The van der Waals surface area contributed by atoms with Crippen LogP contribution in [0.3, 0.4) is 0 Å². The first-order valence-corrected chi connectivity index (χ1v) is 9.50. The Morgan fingerprint density at radius 2 is 2.04 bits per heavy atom. The van der Waals surface area contributed by atoms with Crippen LogP contribution in [0.4, 0.5) is 4.39 Å². The van der Waals surface area contributed by atoms with Gasteiger partial charge < -0.3 is 10.1 Å². The number of ether oxygens (including phenoxy) is 1. The maximum absolute atomic E-state index is 13.1. The van der Waals surface area contributed by atoms with Crippen molar-refractivity contribution >= 4 is 34.0 Å². The molecule has 0 radical (unpaired) electrons. The minimum atomic E-state index is -3.53. The Morgan fingerprint density at radius 3 is 2.62 bits per heavy atom. The Hall–Kier alpha value is -0.440. The van der Waals surface area contributed by atoms with Gasteiger partial charge in [-0.15, -0.1) is 12.4 Å². The lowest BCUT2D eigenvalue weighted by Crippen LogP contribution is -2.47. The Bertz CT molecular complexity index is 632. The number of halogens is 3. The van der Waals surface area contributed by atoms with Gasteiger partial charge in [0, 0.05) is 19.1 Å². The molecular formula is C15H23Cl2FN2O3S. The summed E-state index contributed by atoms with van der Waals surface area (Å²) in [4.78, 5) is 0. The zero-order valence-corrected chi connectivity index (χ0v) is 15.9. The first-order valence-electron chi connectivity index (χ1n) is 7.47. The number of rotatable bonds is 7. The highest BCUT2D eigenvalue weighted by Crippen LogP contribution is 2.28. The van der Waals surface area contributed by atoms with E-state index in [0.717, 1.165) is 25.9 Å². The molecule has 24 heavy (non-hydrogen) atoms. The predicted octanol–water partition coefficient (Wildman–Crippen LogP) is 2.34. The van der Waals surface area contributed by atoms with Crippen LogP contribution in [0.2, 0.25) is 5.02 Å². The molecule has 1 heterocycles. The molecule has 138 valence electrons. The SMILES string of the molecule is COCC1(CNS(=O)(=O)Cc2ccc(F)c(Cl)c2)CCNCC1.Cl. The number of piperidine rings is 1. The Balaban J connectivity index is 0.00000288. The quantitative estimate of drug-likeness (QED) is 0.736. The molecule has 1 aliphatic heterocycles. The number of hydrogen-bond acceptors (Lipinski definition) is 4. The van der Waals surface area contributed by atoms with E-state index in [2.05, 4.69) is 10.0 Å². The van der Waals surface area contributed by atoms with Gasteiger partial charge in [-0.2, -0.15) is 0 Å². The van der Waals surface area contributed by atoms with Crippen LogP contribution in [0.25, 0.3) is 0 Å². The minimum Gasteiger partial charge on any atom is -0.384 e. The Labute approximate surface area is 153 Å². The molecule has 2 rings (SSSR count). The van der Waals surface area contributed by atoms with Crippen molar-refractivity contribution in [3.63, 3.8) is 0 Å². The third kappa shape index (κ3) is 6.13. The van der Waals surface area contributed by atoms with Crippen molar-refractivity contribution in [1.82, 2.24) is 10.0 Å². The zero-order chi connectivity index (χ0) is 16.9. The fourth-order valence-electron chi connectivity index (χ4n) is 2.80. The smallest absolute Gasteiger partial charge is 0.215 e. The number of nitrogens with one attached hydrogen (secondary N) is 2. The summed E-state index contributed by atoms with van der Waals surface area (Å²) in [5.41, 5.74) is 0.267. The van der Waals surface area contributed by atoms with Gasteiger partial charge in [0.1, 0.15) is 5.82 Å². The van der Waals surface area contributed by atoms with Crippen molar-refractivity contribution in [2.75, 3.05) is 33.4 Å². The first kappa shape index (κ1) is 21.6. The molecule has 0 spiro atoms. The van der Waals surface area contributed by atoms with Crippen molar-refractivity contribution in [2.24, 2.45) is 5.41 Å². The Morgan fingerprint density at radius 1 is 1.38 bits per heavy atom. The van der Waals surface area contributed by atoms with E-state index in [1.165, 1.54) is 18.2 Å². The van der Waals surface area contributed by atoms with E-state index in [0.29, 0.717) is 18.7 Å². The summed E-state index contributed by atoms with van der Waals surface area (Å²) >= 11 is 5.69. The van der Waals surface area contributed by atoms with E-state index >= 15 is 0 Å². The van der Waals surface area contributed by atoms with E-state index < -0.39 is 15.8 Å². The van der Waals surface area contributed by atoms with E-state index in [1.807, 2.05) is 0 Å². The van der Waals surface area contributed by atoms with E-state index in [-0.39, 0.29) is 28.6 Å². The van der Waals surface area contributed by atoms with Crippen LogP contribution < -0.4 is 10.0 Å². The van der Waals surface area contributed by atoms with E-state index in [1.54, 1.807) is 7.11 Å². The second-order valence-electron chi connectivity index (χ2n) is 6.01. The molecule has 1 saturated heterocycles. The second-order valence-corrected chi connectivity index (χ2v) is 8.23. The second kappa shape index (κ2) is 9.31. The van der Waals surface area contributed by atoms with Gasteiger partial charge in [0.05, 0.1) is 17.4 Å². The molecule has 0 amide bonds. The van der Waals surface area contributed by atoms with Crippen molar-refractivity contribution in [2.45, 2.75) is 18.6 Å². The third-order valence-electron chi connectivity index (χ3n) is 4.12. The van der Waals surface area contributed by atoms with Crippen LogP contribution in [-0.2, 0) is 20.5 Å². The van der Waals surface area contributed by atoms with E-state index in [4.69, 9.17) is 16.3 Å². The van der Waals surface area contributed by atoms with Crippen LogP contribution in [-0.4, -0.2) is 41.8 Å². The fraction of sp³-hybridized carbons (Fsp3) is 0.600. The highest BCUT2D eigenvalue weighted by molar-refractivity contribution is 7.88. The molecule has 0 bridgehead atoms. The summed E-state index contributed by atoms with van der Waals surface area (Å²) in [6.45, 7) is 2.54. The van der Waals surface area contributed by atoms with Gasteiger partial charge in [-0.25, -0.2) is 17.5 Å². The van der Waals surface area contributed by atoms with Gasteiger partial charge in [-0.05, 0) is 43.6 Å².